The fraction of sp³-hybridized carbons (Fsp3) is 0.312. The van der Waals surface area contributed by atoms with Crippen LogP contribution in [0.3, 0.4) is 0 Å². The maximum Gasteiger partial charge on any atom is 0.127 e. The van der Waals surface area contributed by atoms with Crippen LogP contribution in [0, 0.1) is 6.92 Å². The molecule has 0 fully saturated rings. The Kier molecular flexibility index (Phi) is 3.67. The standard InChI is InChI=1S/C16H19N3O/c1-11-5-2-9-14(18-11)15(19-17)13-8-3-6-12-7-4-10-20-16(12)13/h2-3,5-6,8-9,15,19H,4,7,10,17H2,1H3. The molecule has 0 saturated carbocycles. The topological polar surface area (TPSA) is 60.2 Å². The van der Waals surface area contributed by atoms with Gasteiger partial charge in [-0.3, -0.25) is 10.8 Å². The Morgan fingerprint density at radius 2 is 2.10 bits per heavy atom. The number of rotatable bonds is 3. The van der Waals surface area contributed by atoms with Crippen LogP contribution in [0.25, 0.3) is 0 Å². The van der Waals surface area contributed by atoms with Gasteiger partial charge in [0.25, 0.3) is 0 Å². The zero-order chi connectivity index (χ0) is 13.9. The predicted octanol–water partition coefficient (Wildman–Crippen LogP) is 2.27. The minimum Gasteiger partial charge on any atom is -0.493 e. The number of hydrogen-bond donors (Lipinski definition) is 2. The molecule has 1 aliphatic heterocycles. The predicted molar refractivity (Wildman–Crippen MR) is 78.4 cm³/mol. The summed E-state index contributed by atoms with van der Waals surface area (Å²) in [5, 5.41) is 0. The highest BCUT2D eigenvalue weighted by Crippen LogP contribution is 2.34. The third-order valence-electron chi connectivity index (χ3n) is 3.65. The smallest absolute Gasteiger partial charge is 0.127 e. The molecule has 0 aliphatic carbocycles. The Labute approximate surface area is 119 Å². The summed E-state index contributed by atoms with van der Waals surface area (Å²) in [6, 6.07) is 12.0. The minimum atomic E-state index is -0.150. The van der Waals surface area contributed by atoms with Gasteiger partial charge >= 0.3 is 0 Å². The first-order valence-corrected chi connectivity index (χ1v) is 6.94. The van der Waals surface area contributed by atoms with E-state index < -0.39 is 0 Å². The zero-order valence-electron chi connectivity index (χ0n) is 11.6. The fourth-order valence-corrected chi connectivity index (χ4v) is 2.70. The second-order valence-electron chi connectivity index (χ2n) is 5.09. The summed E-state index contributed by atoms with van der Waals surface area (Å²) in [6.07, 6.45) is 2.13. The van der Waals surface area contributed by atoms with E-state index in [4.69, 9.17) is 10.6 Å². The molecule has 1 atom stereocenters. The molecule has 4 nitrogen and oxygen atoms in total. The van der Waals surface area contributed by atoms with E-state index in [0.717, 1.165) is 42.1 Å². The van der Waals surface area contributed by atoms with Crippen molar-refractivity contribution in [3.63, 3.8) is 0 Å². The summed E-state index contributed by atoms with van der Waals surface area (Å²) in [7, 11) is 0. The van der Waals surface area contributed by atoms with E-state index in [-0.39, 0.29) is 6.04 Å². The van der Waals surface area contributed by atoms with Gasteiger partial charge in [0.05, 0.1) is 18.3 Å². The maximum absolute atomic E-state index is 5.87. The van der Waals surface area contributed by atoms with Crippen LogP contribution in [-0.2, 0) is 6.42 Å². The molecule has 0 radical (unpaired) electrons. The molecular formula is C16H19N3O. The Hall–Kier alpha value is -1.91. The molecule has 1 unspecified atom stereocenters. The lowest BCUT2D eigenvalue weighted by Crippen LogP contribution is -2.30. The average molecular weight is 269 g/mol. The van der Waals surface area contributed by atoms with E-state index in [0.29, 0.717) is 0 Å². The van der Waals surface area contributed by atoms with E-state index in [2.05, 4.69) is 28.6 Å². The van der Waals surface area contributed by atoms with Crippen LogP contribution in [0.5, 0.6) is 5.75 Å². The summed E-state index contributed by atoms with van der Waals surface area (Å²) in [6.45, 7) is 2.75. The van der Waals surface area contributed by atoms with Gasteiger partial charge in [-0.15, -0.1) is 0 Å². The van der Waals surface area contributed by atoms with Crippen LogP contribution in [0.15, 0.2) is 36.4 Å². The van der Waals surface area contributed by atoms with Gasteiger partial charge in [0, 0.05) is 11.3 Å². The van der Waals surface area contributed by atoms with Crippen molar-refractivity contribution in [2.45, 2.75) is 25.8 Å². The van der Waals surface area contributed by atoms with Crippen molar-refractivity contribution >= 4 is 0 Å². The number of ether oxygens (including phenoxy) is 1. The van der Waals surface area contributed by atoms with Crippen LogP contribution < -0.4 is 16.0 Å². The molecule has 3 N–H and O–H groups in total. The number of para-hydroxylation sites is 1. The van der Waals surface area contributed by atoms with Gasteiger partial charge in [0.1, 0.15) is 5.75 Å². The molecule has 1 aromatic heterocycles. The molecule has 3 rings (SSSR count). The molecule has 2 aromatic rings. The molecule has 1 aromatic carbocycles. The summed E-state index contributed by atoms with van der Waals surface area (Å²) in [4.78, 5) is 4.57. The summed E-state index contributed by atoms with van der Waals surface area (Å²) in [5.74, 6) is 6.74. The zero-order valence-corrected chi connectivity index (χ0v) is 11.6. The van der Waals surface area contributed by atoms with E-state index in [9.17, 15) is 0 Å². The molecule has 104 valence electrons. The Morgan fingerprint density at radius 1 is 1.25 bits per heavy atom. The van der Waals surface area contributed by atoms with Gasteiger partial charge in [-0.05, 0) is 37.5 Å². The fourth-order valence-electron chi connectivity index (χ4n) is 2.70. The lowest BCUT2D eigenvalue weighted by molar-refractivity contribution is 0.283. The molecule has 0 amide bonds. The number of hydrogen-bond acceptors (Lipinski definition) is 4. The van der Waals surface area contributed by atoms with Crippen molar-refractivity contribution in [1.29, 1.82) is 0 Å². The Balaban J connectivity index is 2.06. The quantitative estimate of drug-likeness (QED) is 0.663. The first kappa shape index (κ1) is 13.1. The molecule has 2 heterocycles. The van der Waals surface area contributed by atoms with Crippen molar-refractivity contribution in [3.05, 3.63) is 58.9 Å². The Morgan fingerprint density at radius 3 is 2.90 bits per heavy atom. The van der Waals surface area contributed by atoms with Crippen molar-refractivity contribution in [2.75, 3.05) is 6.61 Å². The molecule has 0 saturated heterocycles. The number of benzene rings is 1. The highest BCUT2D eigenvalue weighted by molar-refractivity contribution is 5.46. The SMILES string of the molecule is Cc1cccc(C(NN)c2cccc3c2OCCC3)n1. The van der Waals surface area contributed by atoms with Crippen molar-refractivity contribution < 1.29 is 4.74 Å². The van der Waals surface area contributed by atoms with Gasteiger partial charge in [-0.25, -0.2) is 5.43 Å². The highest BCUT2D eigenvalue weighted by Gasteiger charge is 2.22. The van der Waals surface area contributed by atoms with Crippen LogP contribution in [-0.4, -0.2) is 11.6 Å². The summed E-state index contributed by atoms with van der Waals surface area (Å²) >= 11 is 0. The lowest BCUT2D eigenvalue weighted by atomic mass is 9.96. The molecule has 4 heteroatoms. The largest absolute Gasteiger partial charge is 0.493 e. The van der Waals surface area contributed by atoms with Crippen LogP contribution in [0.2, 0.25) is 0 Å². The van der Waals surface area contributed by atoms with Crippen molar-refractivity contribution in [2.24, 2.45) is 5.84 Å². The number of fused-ring (bicyclic) bond motifs is 1. The van der Waals surface area contributed by atoms with Gasteiger partial charge in [0.2, 0.25) is 0 Å². The lowest BCUT2D eigenvalue weighted by Gasteiger charge is -2.24. The van der Waals surface area contributed by atoms with Gasteiger partial charge in [-0.1, -0.05) is 24.3 Å². The van der Waals surface area contributed by atoms with Crippen LogP contribution in [0.4, 0.5) is 0 Å². The number of hydrazine groups is 1. The summed E-state index contributed by atoms with van der Waals surface area (Å²) in [5.41, 5.74) is 7.07. The number of nitrogens with two attached hydrogens (primary N) is 1. The first-order valence-electron chi connectivity index (χ1n) is 6.94. The second-order valence-corrected chi connectivity index (χ2v) is 5.09. The number of aryl methyl sites for hydroxylation is 2. The van der Waals surface area contributed by atoms with E-state index in [1.807, 2.05) is 25.1 Å². The number of pyridine rings is 1. The van der Waals surface area contributed by atoms with Crippen LogP contribution in [0.1, 0.15) is 35.0 Å². The molecule has 1 aliphatic rings. The maximum atomic E-state index is 5.87. The minimum absolute atomic E-state index is 0.150. The number of nitrogens with one attached hydrogen (secondary N) is 1. The second kappa shape index (κ2) is 5.61. The first-order chi connectivity index (χ1) is 9.79. The highest BCUT2D eigenvalue weighted by atomic mass is 16.5. The van der Waals surface area contributed by atoms with E-state index >= 15 is 0 Å². The third kappa shape index (κ3) is 2.40. The average Bonchev–Trinajstić information content (AvgIpc) is 2.48. The number of aromatic nitrogens is 1. The van der Waals surface area contributed by atoms with Gasteiger partial charge in [-0.2, -0.15) is 0 Å². The van der Waals surface area contributed by atoms with Gasteiger partial charge in [0.15, 0.2) is 0 Å². The monoisotopic (exact) mass is 269 g/mol. The molecular weight excluding hydrogens is 250 g/mol. The van der Waals surface area contributed by atoms with Crippen LogP contribution >= 0.6 is 0 Å². The molecule has 0 bridgehead atoms. The van der Waals surface area contributed by atoms with E-state index in [1.165, 1.54) is 5.56 Å². The Bertz CT molecular complexity index is 612. The normalized spacial score (nSPS) is 15.3. The van der Waals surface area contributed by atoms with Gasteiger partial charge < -0.3 is 4.74 Å². The molecule has 20 heavy (non-hydrogen) atoms. The summed E-state index contributed by atoms with van der Waals surface area (Å²) < 4.78 is 5.87. The molecule has 0 spiro atoms. The van der Waals surface area contributed by atoms with E-state index in [1.54, 1.807) is 0 Å². The third-order valence-corrected chi connectivity index (χ3v) is 3.65. The number of nitrogens with zero attached hydrogens (tertiary/aromatic N) is 1. The van der Waals surface area contributed by atoms with Crippen molar-refractivity contribution in [1.82, 2.24) is 10.4 Å². The van der Waals surface area contributed by atoms with Crippen molar-refractivity contribution in [3.8, 4) is 5.75 Å².